The third kappa shape index (κ3) is 3.56. The van der Waals surface area contributed by atoms with Crippen molar-refractivity contribution in [2.45, 2.75) is 6.54 Å². The fourth-order valence-electron chi connectivity index (χ4n) is 1.70. The minimum absolute atomic E-state index is 0.0638. The number of benzene rings is 1. The molecule has 5 nitrogen and oxygen atoms in total. The number of nitrogens with one attached hydrogen (secondary N) is 1. The molecule has 0 radical (unpaired) electrons. The summed E-state index contributed by atoms with van der Waals surface area (Å²) in [6, 6.07) is 11.4. The first-order valence-corrected chi connectivity index (χ1v) is 6.11. The zero-order chi connectivity index (χ0) is 14.4. The Kier molecular flexibility index (Phi) is 4.30. The maximum absolute atomic E-state index is 11.9. The molecule has 2 aromatic rings. The molecule has 0 aliphatic rings. The van der Waals surface area contributed by atoms with Gasteiger partial charge in [-0.15, -0.1) is 0 Å². The van der Waals surface area contributed by atoms with Gasteiger partial charge in [0.2, 0.25) is 0 Å². The molecule has 1 N–H and O–H groups in total. The van der Waals surface area contributed by atoms with Crippen molar-refractivity contribution < 1.29 is 4.79 Å². The lowest BCUT2D eigenvalue weighted by Crippen LogP contribution is -2.23. The quantitative estimate of drug-likeness (QED) is 0.675. The highest BCUT2D eigenvalue weighted by atomic mass is 16.1. The lowest BCUT2D eigenvalue weighted by molar-refractivity contribution is -0.117. The van der Waals surface area contributed by atoms with Crippen molar-refractivity contribution >= 4 is 12.0 Å². The topological polar surface area (TPSA) is 70.7 Å². The largest absolute Gasteiger partial charge is 0.347 e. The normalized spacial score (nSPS) is 10.9. The summed E-state index contributed by atoms with van der Waals surface area (Å²) in [7, 11) is 1.78. The lowest BCUT2D eigenvalue weighted by atomic mass is 10.2. The first-order valence-electron chi connectivity index (χ1n) is 6.11. The SMILES string of the molecule is Cn1cc(C=C(C#N)C(=O)NCc2ccccc2)cn1. The highest BCUT2D eigenvalue weighted by molar-refractivity contribution is 6.01. The maximum atomic E-state index is 11.9. The van der Waals surface area contributed by atoms with Crippen LogP contribution in [0.3, 0.4) is 0 Å². The summed E-state index contributed by atoms with van der Waals surface area (Å²) in [4.78, 5) is 11.9. The van der Waals surface area contributed by atoms with Crippen molar-refractivity contribution in [1.82, 2.24) is 15.1 Å². The minimum Gasteiger partial charge on any atom is -0.347 e. The Morgan fingerprint density at radius 2 is 2.20 bits per heavy atom. The van der Waals surface area contributed by atoms with Gasteiger partial charge >= 0.3 is 0 Å². The molecule has 0 spiro atoms. The predicted octanol–water partition coefficient (Wildman–Crippen LogP) is 1.64. The molecule has 1 aromatic heterocycles. The van der Waals surface area contributed by atoms with E-state index in [0.29, 0.717) is 6.54 Å². The van der Waals surface area contributed by atoms with Gasteiger partial charge in [0, 0.05) is 25.4 Å². The number of aromatic nitrogens is 2. The zero-order valence-corrected chi connectivity index (χ0v) is 11.1. The highest BCUT2D eigenvalue weighted by Crippen LogP contribution is 2.06. The van der Waals surface area contributed by atoms with Gasteiger partial charge < -0.3 is 5.32 Å². The monoisotopic (exact) mass is 266 g/mol. The summed E-state index contributed by atoms with van der Waals surface area (Å²) in [6.07, 6.45) is 4.86. The Morgan fingerprint density at radius 3 is 2.80 bits per heavy atom. The van der Waals surface area contributed by atoms with Crippen molar-refractivity contribution in [3.63, 3.8) is 0 Å². The van der Waals surface area contributed by atoms with Crippen LogP contribution in [0.2, 0.25) is 0 Å². The summed E-state index contributed by atoms with van der Waals surface area (Å²) in [5.74, 6) is -0.389. The molecule has 0 aliphatic heterocycles. The molecule has 0 fully saturated rings. The van der Waals surface area contributed by atoms with E-state index in [0.717, 1.165) is 11.1 Å². The van der Waals surface area contributed by atoms with Crippen LogP contribution in [0.4, 0.5) is 0 Å². The number of nitrogens with zero attached hydrogens (tertiary/aromatic N) is 3. The Morgan fingerprint density at radius 1 is 1.45 bits per heavy atom. The van der Waals surface area contributed by atoms with Gasteiger partial charge in [-0.3, -0.25) is 9.48 Å². The minimum atomic E-state index is -0.389. The van der Waals surface area contributed by atoms with Crippen LogP contribution in [-0.2, 0) is 18.4 Å². The van der Waals surface area contributed by atoms with E-state index in [1.807, 2.05) is 36.4 Å². The Hall–Kier alpha value is -2.87. The molecule has 0 aliphatic carbocycles. The van der Waals surface area contributed by atoms with Crippen molar-refractivity contribution in [1.29, 1.82) is 5.26 Å². The second kappa shape index (κ2) is 6.34. The molecule has 0 saturated heterocycles. The molecule has 20 heavy (non-hydrogen) atoms. The standard InChI is InChI=1S/C15H14N4O/c1-19-11-13(10-18-19)7-14(8-16)15(20)17-9-12-5-3-2-4-6-12/h2-7,10-11H,9H2,1H3,(H,17,20). The van der Waals surface area contributed by atoms with Gasteiger partial charge in [-0.25, -0.2) is 0 Å². The van der Waals surface area contributed by atoms with Crippen molar-refractivity contribution in [2.24, 2.45) is 7.05 Å². The Balaban J connectivity index is 2.03. The van der Waals surface area contributed by atoms with Crippen LogP contribution < -0.4 is 5.32 Å². The number of amides is 1. The van der Waals surface area contributed by atoms with Gasteiger partial charge in [0.15, 0.2) is 0 Å². The van der Waals surface area contributed by atoms with Gasteiger partial charge in [0.1, 0.15) is 11.6 Å². The van der Waals surface area contributed by atoms with Crippen LogP contribution >= 0.6 is 0 Å². The molecule has 2 rings (SSSR count). The van der Waals surface area contributed by atoms with Crippen molar-refractivity contribution in [3.05, 3.63) is 59.4 Å². The van der Waals surface area contributed by atoms with E-state index in [4.69, 9.17) is 5.26 Å². The number of carbonyl (C=O) groups excluding carboxylic acids is 1. The van der Waals surface area contributed by atoms with Crippen LogP contribution in [0.15, 0.2) is 48.3 Å². The summed E-state index contributed by atoms with van der Waals surface area (Å²) >= 11 is 0. The molecule has 5 heteroatoms. The van der Waals surface area contributed by atoms with Gasteiger partial charge in [0.25, 0.3) is 5.91 Å². The molecule has 1 amide bonds. The summed E-state index contributed by atoms with van der Waals surface area (Å²) in [6.45, 7) is 0.395. The van der Waals surface area contributed by atoms with Gasteiger partial charge in [-0.1, -0.05) is 30.3 Å². The average Bonchev–Trinajstić information content (AvgIpc) is 2.88. The van der Waals surface area contributed by atoms with Crippen LogP contribution in [0.1, 0.15) is 11.1 Å². The molecule has 0 saturated carbocycles. The first kappa shape index (κ1) is 13.6. The smallest absolute Gasteiger partial charge is 0.262 e. The number of rotatable bonds is 4. The fraction of sp³-hybridized carbons (Fsp3) is 0.133. The van der Waals surface area contributed by atoms with E-state index in [-0.39, 0.29) is 11.5 Å². The maximum Gasteiger partial charge on any atom is 0.262 e. The molecule has 0 bridgehead atoms. The summed E-state index contributed by atoms with van der Waals surface area (Å²) in [5.41, 5.74) is 1.77. The molecule has 0 atom stereocenters. The number of carbonyl (C=O) groups is 1. The lowest BCUT2D eigenvalue weighted by Gasteiger charge is -2.03. The number of nitriles is 1. The predicted molar refractivity (Wildman–Crippen MR) is 75.1 cm³/mol. The van der Waals surface area contributed by atoms with E-state index in [2.05, 4.69) is 10.4 Å². The third-order valence-electron chi connectivity index (χ3n) is 2.70. The van der Waals surface area contributed by atoms with Crippen LogP contribution in [0, 0.1) is 11.3 Å². The number of hydrogen-bond acceptors (Lipinski definition) is 3. The average molecular weight is 266 g/mol. The first-order chi connectivity index (χ1) is 9.69. The Labute approximate surface area is 117 Å². The van der Waals surface area contributed by atoms with Gasteiger partial charge in [-0.2, -0.15) is 10.4 Å². The van der Waals surface area contributed by atoms with E-state index < -0.39 is 0 Å². The fourth-order valence-corrected chi connectivity index (χ4v) is 1.70. The molecule has 100 valence electrons. The van der Waals surface area contributed by atoms with Crippen molar-refractivity contribution in [2.75, 3.05) is 0 Å². The van der Waals surface area contributed by atoms with E-state index >= 15 is 0 Å². The van der Waals surface area contributed by atoms with Gasteiger partial charge in [-0.05, 0) is 11.6 Å². The molecule has 1 aromatic carbocycles. The molecule has 0 unspecified atom stereocenters. The highest BCUT2D eigenvalue weighted by Gasteiger charge is 2.09. The van der Waals surface area contributed by atoms with E-state index in [9.17, 15) is 4.79 Å². The molecular weight excluding hydrogens is 252 g/mol. The van der Waals surface area contributed by atoms with Gasteiger partial charge in [0.05, 0.1) is 6.20 Å². The zero-order valence-electron chi connectivity index (χ0n) is 11.1. The third-order valence-corrected chi connectivity index (χ3v) is 2.70. The van der Waals surface area contributed by atoms with Crippen molar-refractivity contribution in [3.8, 4) is 6.07 Å². The molecular formula is C15H14N4O. The second-order valence-electron chi connectivity index (χ2n) is 4.29. The van der Waals surface area contributed by atoms with Crippen LogP contribution in [0.5, 0.6) is 0 Å². The van der Waals surface area contributed by atoms with E-state index in [1.54, 1.807) is 24.1 Å². The molecule has 1 heterocycles. The summed E-state index contributed by atoms with van der Waals surface area (Å²) < 4.78 is 1.61. The second-order valence-corrected chi connectivity index (χ2v) is 4.29. The van der Waals surface area contributed by atoms with E-state index in [1.165, 1.54) is 6.08 Å². The van der Waals surface area contributed by atoms with Crippen LogP contribution in [0.25, 0.3) is 6.08 Å². The van der Waals surface area contributed by atoms with Crippen LogP contribution in [-0.4, -0.2) is 15.7 Å². The summed E-state index contributed by atoms with van der Waals surface area (Å²) in [5, 5.41) is 15.8. The Bertz CT molecular complexity index is 665. The number of aryl methyl sites for hydroxylation is 1. The number of hydrogen-bond donors (Lipinski definition) is 1.